The predicted molar refractivity (Wildman–Crippen MR) is 100 cm³/mol. The number of likely N-dealkylation sites (tertiary alicyclic amines) is 1. The third-order valence-electron chi connectivity index (χ3n) is 4.44. The van der Waals surface area contributed by atoms with Gasteiger partial charge in [0.05, 0.1) is 0 Å². The van der Waals surface area contributed by atoms with Crippen LogP contribution in [0.3, 0.4) is 0 Å². The first-order valence-electron chi connectivity index (χ1n) is 9.01. The van der Waals surface area contributed by atoms with Gasteiger partial charge in [-0.3, -0.25) is 4.79 Å². The van der Waals surface area contributed by atoms with Gasteiger partial charge in [-0.2, -0.15) is 0 Å². The van der Waals surface area contributed by atoms with Crippen molar-refractivity contribution in [2.45, 2.75) is 46.5 Å². The number of hydrogen-bond acceptors (Lipinski definition) is 4. The van der Waals surface area contributed by atoms with E-state index in [0.717, 1.165) is 37.3 Å². The van der Waals surface area contributed by atoms with Crippen LogP contribution in [0.5, 0.6) is 0 Å². The highest BCUT2D eigenvalue weighted by Crippen LogP contribution is 2.19. The Kier molecular flexibility index (Phi) is 5.31. The second kappa shape index (κ2) is 7.64. The number of aromatic nitrogens is 2. The van der Waals surface area contributed by atoms with Gasteiger partial charge in [-0.15, -0.1) is 0 Å². The van der Waals surface area contributed by atoms with Crippen molar-refractivity contribution < 1.29 is 4.79 Å². The standard InChI is InChI=1S/C20H26N4O/c1-14-10-15(2)12-17(11-14)22-20-21-16(3)13-18(23-20)19(25)24-8-6-4-5-7-9-24/h10-13H,4-9H2,1-3H3,(H,21,22,23). The number of nitrogens with one attached hydrogen (secondary N) is 1. The lowest BCUT2D eigenvalue weighted by atomic mass is 10.1. The molecule has 1 aromatic heterocycles. The summed E-state index contributed by atoms with van der Waals surface area (Å²) in [5, 5.41) is 3.24. The lowest BCUT2D eigenvalue weighted by molar-refractivity contribution is 0.0755. The highest BCUT2D eigenvalue weighted by Gasteiger charge is 2.19. The van der Waals surface area contributed by atoms with Crippen LogP contribution in [0.4, 0.5) is 11.6 Å². The third-order valence-corrected chi connectivity index (χ3v) is 4.44. The number of nitrogens with zero attached hydrogens (tertiary/aromatic N) is 3. The summed E-state index contributed by atoms with van der Waals surface area (Å²) in [6.07, 6.45) is 4.55. The summed E-state index contributed by atoms with van der Waals surface area (Å²) in [5.74, 6) is 0.485. The summed E-state index contributed by atoms with van der Waals surface area (Å²) in [6.45, 7) is 7.66. The molecule has 0 saturated carbocycles. The molecule has 2 aromatic rings. The first-order chi connectivity index (χ1) is 12.0. The topological polar surface area (TPSA) is 58.1 Å². The van der Waals surface area contributed by atoms with Gasteiger partial charge >= 0.3 is 0 Å². The molecule has 5 nitrogen and oxygen atoms in total. The fraction of sp³-hybridized carbons (Fsp3) is 0.450. The van der Waals surface area contributed by atoms with Gasteiger partial charge in [-0.25, -0.2) is 9.97 Å². The minimum Gasteiger partial charge on any atom is -0.337 e. The Morgan fingerprint density at radius 3 is 2.20 bits per heavy atom. The number of carbonyl (C=O) groups is 1. The Morgan fingerprint density at radius 1 is 0.920 bits per heavy atom. The van der Waals surface area contributed by atoms with Crippen LogP contribution in [0.25, 0.3) is 0 Å². The Morgan fingerprint density at radius 2 is 1.56 bits per heavy atom. The Hall–Kier alpha value is -2.43. The zero-order valence-electron chi connectivity index (χ0n) is 15.3. The molecule has 1 amide bonds. The van der Waals surface area contributed by atoms with Crippen LogP contribution in [0.1, 0.15) is 53.0 Å². The predicted octanol–water partition coefficient (Wildman–Crippen LogP) is 4.16. The van der Waals surface area contributed by atoms with E-state index in [9.17, 15) is 4.79 Å². The molecule has 2 heterocycles. The van der Waals surface area contributed by atoms with Crippen molar-refractivity contribution in [1.29, 1.82) is 0 Å². The lowest BCUT2D eigenvalue weighted by Gasteiger charge is -2.20. The highest BCUT2D eigenvalue weighted by atomic mass is 16.2. The normalized spacial score (nSPS) is 14.9. The zero-order chi connectivity index (χ0) is 17.8. The van der Waals surface area contributed by atoms with Crippen LogP contribution in [0.15, 0.2) is 24.3 Å². The summed E-state index contributed by atoms with van der Waals surface area (Å²) in [6, 6.07) is 8.00. The fourth-order valence-corrected chi connectivity index (χ4v) is 3.35. The summed E-state index contributed by atoms with van der Waals surface area (Å²) in [5.41, 5.74) is 4.56. The minimum absolute atomic E-state index is 0.0101. The van der Waals surface area contributed by atoms with Crippen LogP contribution in [0, 0.1) is 20.8 Å². The van der Waals surface area contributed by atoms with Crippen LogP contribution >= 0.6 is 0 Å². The van der Waals surface area contributed by atoms with E-state index < -0.39 is 0 Å². The van der Waals surface area contributed by atoms with Crippen molar-refractivity contribution in [3.05, 3.63) is 46.8 Å². The smallest absolute Gasteiger partial charge is 0.272 e. The Bertz CT molecular complexity index is 744. The van der Waals surface area contributed by atoms with Crippen molar-refractivity contribution >= 4 is 17.5 Å². The molecular formula is C20H26N4O. The number of benzene rings is 1. The average Bonchev–Trinajstić information content (AvgIpc) is 2.81. The average molecular weight is 338 g/mol. The molecule has 0 spiro atoms. The minimum atomic E-state index is 0.0101. The van der Waals surface area contributed by atoms with Gasteiger partial charge < -0.3 is 10.2 Å². The number of anilines is 2. The van der Waals surface area contributed by atoms with E-state index in [-0.39, 0.29) is 5.91 Å². The maximum Gasteiger partial charge on any atom is 0.272 e. The Labute approximate surface area is 149 Å². The molecule has 132 valence electrons. The second-order valence-electron chi connectivity index (χ2n) is 6.93. The molecule has 1 aliphatic heterocycles. The van der Waals surface area contributed by atoms with Crippen LogP contribution in [-0.4, -0.2) is 33.9 Å². The van der Waals surface area contributed by atoms with Gasteiger partial charge in [0, 0.05) is 24.5 Å². The molecule has 1 saturated heterocycles. The molecule has 1 aliphatic rings. The first kappa shape index (κ1) is 17.4. The monoisotopic (exact) mass is 338 g/mol. The van der Waals surface area contributed by atoms with Crippen molar-refractivity contribution in [3.63, 3.8) is 0 Å². The van der Waals surface area contributed by atoms with E-state index in [1.54, 1.807) is 6.07 Å². The second-order valence-corrected chi connectivity index (χ2v) is 6.93. The van der Waals surface area contributed by atoms with E-state index in [0.29, 0.717) is 11.6 Å². The molecule has 3 rings (SSSR count). The largest absolute Gasteiger partial charge is 0.337 e. The summed E-state index contributed by atoms with van der Waals surface area (Å²) in [7, 11) is 0. The molecule has 0 unspecified atom stereocenters. The number of hydrogen-bond donors (Lipinski definition) is 1. The molecule has 1 fully saturated rings. The maximum atomic E-state index is 12.8. The third kappa shape index (κ3) is 4.56. The molecule has 0 bridgehead atoms. The van der Waals surface area contributed by atoms with Gasteiger partial charge in [0.25, 0.3) is 5.91 Å². The van der Waals surface area contributed by atoms with E-state index in [1.165, 1.54) is 24.0 Å². The Balaban J connectivity index is 1.83. The maximum absolute atomic E-state index is 12.8. The molecule has 5 heteroatoms. The van der Waals surface area contributed by atoms with Gasteiger partial charge in [0.15, 0.2) is 0 Å². The number of aryl methyl sites for hydroxylation is 3. The quantitative estimate of drug-likeness (QED) is 0.913. The van der Waals surface area contributed by atoms with E-state index in [1.807, 2.05) is 11.8 Å². The molecule has 0 radical (unpaired) electrons. The number of amides is 1. The van der Waals surface area contributed by atoms with Gasteiger partial charge in [0.2, 0.25) is 5.95 Å². The first-order valence-corrected chi connectivity index (χ1v) is 9.01. The van der Waals surface area contributed by atoms with Crippen LogP contribution < -0.4 is 5.32 Å². The van der Waals surface area contributed by atoms with Gasteiger partial charge in [0.1, 0.15) is 5.69 Å². The van der Waals surface area contributed by atoms with Gasteiger partial charge in [-0.05, 0) is 62.9 Å². The van der Waals surface area contributed by atoms with E-state index in [4.69, 9.17) is 0 Å². The van der Waals surface area contributed by atoms with Crippen molar-refractivity contribution in [3.8, 4) is 0 Å². The summed E-state index contributed by atoms with van der Waals surface area (Å²) >= 11 is 0. The van der Waals surface area contributed by atoms with Crippen LogP contribution in [0.2, 0.25) is 0 Å². The SMILES string of the molecule is Cc1cc(C)cc(Nc2nc(C)cc(C(=O)N3CCCCCC3)n2)c1. The number of carbonyl (C=O) groups excluding carboxylic acids is 1. The van der Waals surface area contributed by atoms with Crippen molar-refractivity contribution in [2.75, 3.05) is 18.4 Å². The molecular weight excluding hydrogens is 312 g/mol. The molecule has 0 atom stereocenters. The highest BCUT2D eigenvalue weighted by molar-refractivity contribution is 5.92. The number of rotatable bonds is 3. The summed E-state index contributed by atoms with van der Waals surface area (Å²) < 4.78 is 0. The van der Waals surface area contributed by atoms with Crippen molar-refractivity contribution in [1.82, 2.24) is 14.9 Å². The fourth-order valence-electron chi connectivity index (χ4n) is 3.35. The molecule has 1 N–H and O–H groups in total. The molecule has 0 aliphatic carbocycles. The molecule has 1 aromatic carbocycles. The van der Waals surface area contributed by atoms with E-state index in [2.05, 4.69) is 47.3 Å². The van der Waals surface area contributed by atoms with E-state index >= 15 is 0 Å². The van der Waals surface area contributed by atoms with Crippen LogP contribution in [-0.2, 0) is 0 Å². The zero-order valence-corrected chi connectivity index (χ0v) is 15.3. The lowest BCUT2D eigenvalue weighted by Crippen LogP contribution is -2.32. The van der Waals surface area contributed by atoms with Crippen molar-refractivity contribution in [2.24, 2.45) is 0 Å². The molecule has 25 heavy (non-hydrogen) atoms. The van der Waals surface area contributed by atoms with Gasteiger partial charge in [-0.1, -0.05) is 18.9 Å². The summed E-state index contributed by atoms with van der Waals surface area (Å²) in [4.78, 5) is 23.7.